The zero-order valence-corrected chi connectivity index (χ0v) is 36.3. The Bertz CT molecular complexity index is 3520. The Labute approximate surface area is 380 Å². The molecule has 0 spiro atoms. The van der Waals surface area contributed by atoms with Crippen LogP contribution in [0.2, 0.25) is 0 Å². The Balaban J connectivity index is 1.01. The van der Waals surface area contributed by atoms with E-state index in [1.165, 1.54) is 60.5 Å². The summed E-state index contributed by atoms with van der Waals surface area (Å²) in [5.74, 6) is 0.680. The van der Waals surface area contributed by atoms with Crippen LogP contribution in [0.5, 0.6) is 0 Å². The van der Waals surface area contributed by atoms with Gasteiger partial charge in [0, 0.05) is 22.1 Å². The van der Waals surface area contributed by atoms with Gasteiger partial charge in [0.15, 0.2) is 5.82 Å². The molecule has 0 fully saturated rings. The van der Waals surface area contributed by atoms with Crippen LogP contribution in [0.3, 0.4) is 0 Å². The normalized spacial score (nSPS) is 12.6. The van der Waals surface area contributed by atoms with E-state index in [-0.39, 0.29) is 5.41 Å². The fourth-order valence-corrected chi connectivity index (χ4v) is 10.3. The van der Waals surface area contributed by atoms with Gasteiger partial charge in [0.2, 0.25) is 0 Å². The maximum absolute atomic E-state index is 5.41. The van der Waals surface area contributed by atoms with E-state index in [4.69, 9.17) is 9.97 Å². The van der Waals surface area contributed by atoms with Gasteiger partial charge in [-0.2, -0.15) is 0 Å². The first-order valence-electron chi connectivity index (χ1n) is 22.5. The van der Waals surface area contributed by atoms with Gasteiger partial charge in [0.1, 0.15) is 0 Å². The van der Waals surface area contributed by atoms with Gasteiger partial charge in [-0.25, -0.2) is 9.97 Å². The number of nitrogens with zero attached hydrogens (tertiary/aromatic N) is 2. The average Bonchev–Trinajstić information content (AvgIpc) is 3.60. The summed E-state index contributed by atoms with van der Waals surface area (Å²) in [5.41, 5.74) is 19.5. The molecular weight excluding hydrogens is 785 g/mol. The second kappa shape index (κ2) is 15.6. The van der Waals surface area contributed by atoms with Gasteiger partial charge < -0.3 is 0 Å². The summed E-state index contributed by atoms with van der Waals surface area (Å²) in [6, 6.07) is 83.2. The summed E-state index contributed by atoms with van der Waals surface area (Å²) in [6.45, 7) is 4.74. The van der Waals surface area contributed by atoms with E-state index in [1.807, 2.05) is 0 Å². The van der Waals surface area contributed by atoms with Crippen molar-refractivity contribution in [3.05, 3.63) is 242 Å². The van der Waals surface area contributed by atoms with Gasteiger partial charge >= 0.3 is 0 Å². The molecule has 2 nitrogen and oxygen atoms in total. The van der Waals surface area contributed by atoms with Gasteiger partial charge in [-0.15, -0.1) is 0 Å². The van der Waals surface area contributed by atoms with Crippen LogP contribution in [-0.2, 0) is 5.41 Å². The molecule has 0 saturated heterocycles. The standard InChI is InChI=1S/C63H44N2/c1-63(2)57-34-18-33-55(61(57)56-38-43-23-9-10-24-44(43)39-58(56)63)52-36-35-49(50-29-13-14-30-51(50)52)45-25-17-26-46(37-45)62-64-59(53-31-15-11-27-47(53)41-19-5-3-6-20-41)40-60(65-62)54-32-16-12-28-48(54)42-21-7-4-8-22-42/h3-40H,1-2H3. The minimum absolute atomic E-state index is 0.118. The predicted octanol–water partition coefficient (Wildman–Crippen LogP) is 16.8. The summed E-state index contributed by atoms with van der Waals surface area (Å²) in [7, 11) is 0. The van der Waals surface area contributed by atoms with Crippen molar-refractivity contribution in [1.82, 2.24) is 9.97 Å². The molecule has 12 rings (SSSR count). The molecule has 0 unspecified atom stereocenters. The fraction of sp³-hybridized carbons (Fsp3) is 0.0476. The van der Waals surface area contributed by atoms with Gasteiger partial charge in [-0.1, -0.05) is 220 Å². The predicted molar refractivity (Wildman–Crippen MR) is 273 cm³/mol. The molecule has 1 heterocycles. The Morgan fingerprint density at radius 3 is 1.42 bits per heavy atom. The highest BCUT2D eigenvalue weighted by Crippen LogP contribution is 2.54. The Morgan fingerprint density at radius 1 is 0.292 bits per heavy atom. The molecule has 0 N–H and O–H groups in total. The van der Waals surface area contributed by atoms with Crippen LogP contribution < -0.4 is 0 Å². The van der Waals surface area contributed by atoms with Crippen molar-refractivity contribution in [3.8, 4) is 89.5 Å². The number of rotatable bonds is 7. The molecule has 65 heavy (non-hydrogen) atoms. The van der Waals surface area contributed by atoms with Gasteiger partial charge in [-0.05, 0) is 113 Å². The van der Waals surface area contributed by atoms with Crippen LogP contribution in [0.15, 0.2) is 231 Å². The van der Waals surface area contributed by atoms with Crippen LogP contribution in [0.1, 0.15) is 25.0 Å². The average molecular weight is 829 g/mol. The van der Waals surface area contributed by atoms with Crippen molar-refractivity contribution >= 4 is 21.5 Å². The van der Waals surface area contributed by atoms with E-state index in [0.717, 1.165) is 55.9 Å². The zero-order valence-electron chi connectivity index (χ0n) is 36.3. The minimum atomic E-state index is -0.118. The van der Waals surface area contributed by atoms with Crippen LogP contribution in [0, 0.1) is 0 Å². The van der Waals surface area contributed by atoms with Gasteiger partial charge in [-0.3, -0.25) is 0 Å². The largest absolute Gasteiger partial charge is 0.228 e. The van der Waals surface area contributed by atoms with Gasteiger partial charge in [0.05, 0.1) is 11.4 Å². The molecule has 1 aromatic heterocycles. The van der Waals surface area contributed by atoms with E-state index in [1.54, 1.807) is 0 Å². The highest BCUT2D eigenvalue weighted by molar-refractivity contribution is 6.09. The first-order valence-corrected chi connectivity index (χ1v) is 22.5. The Morgan fingerprint density at radius 2 is 0.769 bits per heavy atom. The number of hydrogen-bond donors (Lipinski definition) is 0. The zero-order chi connectivity index (χ0) is 43.5. The molecule has 0 bridgehead atoms. The van der Waals surface area contributed by atoms with E-state index < -0.39 is 0 Å². The van der Waals surface area contributed by atoms with Crippen molar-refractivity contribution in [2.75, 3.05) is 0 Å². The lowest BCUT2D eigenvalue weighted by atomic mass is 9.81. The lowest BCUT2D eigenvalue weighted by Gasteiger charge is -2.22. The number of fused-ring (bicyclic) bond motifs is 5. The molecule has 11 aromatic rings. The highest BCUT2D eigenvalue weighted by Gasteiger charge is 2.37. The monoisotopic (exact) mass is 828 g/mol. The first kappa shape index (κ1) is 38.5. The van der Waals surface area contributed by atoms with E-state index >= 15 is 0 Å². The van der Waals surface area contributed by atoms with Crippen molar-refractivity contribution in [3.63, 3.8) is 0 Å². The van der Waals surface area contributed by atoms with Crippen molar-refractivity contribution in [2.45, 2.75) is 19.3 Å². The van der Waals surface area contributed by atoms with Crippen LogP contribution >= 0.6 is 0 Å². The fourth-order valence-electron chi connectivity index (χ4n) is 10.3. The van der Waals surface area contributed by atoms with Crippen molar-refractivity contribution < 1.29 is 0 Å². The topological polar surface area (TPSA) is 25.8 Å². The quantitative estimate of drug-likeness (QED) is 0.160. The minimum Gasteiger partial charge on any atom is -0.228 e. The molecular formula is C63H44N2. The lowest BCUT2D eigenvalue weighted by Crippen LogP contribution is -2.14. The smallest absolute Gasteiger partial charge is 0.160 e. The third-order valence-corrected chi connectivity index (χ3v) is 13.5. The first-order chi connectivity index (χ1) is 32.0. The molecule has 0 radical (unpaired) electrons. The summed E-state index contributed by atoms with van der Waals surface area (Å²) >= 11 is 0. The summed E-state index contributed by atoms with van der Waals surface area (Å²) in [6.07, 6.45) is 0. The van der Waals surface area contributed by atoms with Crippen molar-refractivity contribution in [2.24, 2.45) is 0 Å². The highest BCUT2D eigenvalue weighted by atomic mass is 14.9. The van der Waals surface area contributed by atoms with Crippen LogP contribution in [0.4, 0.5) is 0 Å². The Hall–Kier alpha value is -8.20. The van der Waals surface area contributed by atoms with Gasteiger partial charge in [0.25, 0.3) is 0 Å². The molecule has 1 aliphatic carbocycles. The lowest BCUT2D eigenvalue weighted by molar-refractivity contribution is 0.661. The number of aromatic nitrogens is 2. The Kier molecular flexibility index (Phi) is 9.21. The maximum atomic E-state index is 5.41. The third-order valence-electron chi connectivity index (χ3n) is 13.5. The third kappa shape index (κ3) is 6.57. The molecule has 0 aliphatic heterocycles. The molecule has 0 amide bonds. The molecule has 2 heteroatoms. The number of benzene rings is 10. The molecule has 306 valence electrons. The van der Waals surface area contributed by atoms with Crippen LogP contribution in [-0.4, -0.2) is 9.97 Å². The summed E-state index contributed by atoms with van der Waals surface area (Å²) in [5, 5.41) is 4.99. The molecule has 1 aliphatic rings. The summed E-state index contributed by atoms with van der Waals surface area (Å²) in [4.78, 5) is 10.8. The van der Waals surface area contributed by atoms with E-state index in [9.17, 15) is 0 Å². The maximum Gasteiger partial charge on any atom is 0.160 e. The molecule has 0 atom stereocenters. The van der Waals surface area contributed by atoms with Crippen molar-refractivity contribution in [1.29, 1.82) is 0 Å². The molecule has 10 aromatic carbocycles. The SMILES string of the molecule is CC1(C)c2cc3ccccc3cc2-c2c(-c3ccc(-c4cccc(-c5nc(-c6ccccc6-c6ccccc6)cc(-c6ccccc6-c6ccccc6)n5)c4)c4ccccc34)cccc21. The second-order valence-corrected chi connectivity index (χ2v) is 17.7. The second-order valence-electron chi connectivity index (χ2n) is 17.7. The summed E-state index contributed by atoms with van der Waals surface area (Å²) < 4.78 is 0. The van der Waals surface area contributed by atoms with E-state index in [2.05, 4.69) is 244 Å². The number of hydrogen-bond acceptors (Lipinski definition) is 2. The molecule has 0 saturated carbocycles. The van der Waals surface area contributed by atoms with Crippen LogP contribution in [0.25, 0.3) is 111 Å². The van der Waals surface area contributed by atoms with E-state index in [0.29, 0.717) is 5.82 Å².